The van der Waals surface area contributed by atoms with Gasteiger partial charge in [-0.05, 0) is 48.0 Å². The van der Waals surface area contributed by atoms with Crippen molar-refractivity contribution in [2.75, 3.05) is 6.54 Å². The van der Waals surface area contributed by atoms with Crippen LogP contribution in [0.1, 0.15) is 45.1 Å². The van der Waals surface area contributed by atoms with Crippen LogP contribution in [0.2, 0.25) is 0 Å². The Morgan fingerprint density at radius 3 is 2.26 bits per heavy atom. The molecule has 2 aliphatic carbocycles. The Morgan fingerprint density at radius 2 is 1.74 bits per heavy atom. The quantitative estimate of drug-likeness (QED) is 0.861. The Bertz CT molecular complexity index is 405. The summed E-state index contributed by atoms with van der Waals surface area (Å²) < 4.78 is 0. The van der Waals surface area contributed by atoms with E-state index < -0.39 is 0 Å². The number of benzene rings is 1. The number of nitrogens with one attached hydrogen (secondary N) is 1. The third kappa shape index (κ3) is 2.43. The maximum atomic E-state index is 3.72. The molecule has 2 fully saturated rings. The van der Waals surface area contributed by atoms with Crippen molar-refractivity contribution in [2.24, 2.45) is 16.7 Å². The first-order valence-electron chi connectivity index (χ1n) is 7.39. The van der Waals surface area contributed by atoms with Gasteiger partial charge >= 0.3 is 0 Å². The molecule has 2 aliphatic rings. The fraction of sp³-hybridized carbons (Fsp3) is 0.647. The van der Waals surface area contributed by atoms with Gasteiger partial charge in [0.25, 0.3) is 0 Å². The molecule has 1 aromatic rings. The molecule has 0 spiro atoms. The van der Waals surface area contributed by atoms with Crippen molar-refractivity contribution in [1.82, 2.24) is 5.32 Å². The fourth-order valence-electron chi connectivity index (χ4n) is 4.42. The summed E-state index contributed by atoms with van der Waals surface area (Å²) in [5.41, 5.74) is 2.53. The molecule has 19 heavy (non-hydrogen) atoms. The van der Waals surface area contributed by atoms with E-state index in [0.717, 1.165) is 12.5 Å². The summed E-state index contributed by atoms with van der Waals surface area (Å²) in [6.45, 7) is 7.22. The van der Waals surface area contributed by atoms with Gasteiger partial charge in [-0.25, -0.2) is 0 Å². The molecular weight excluding hydrogens is 254 g/mol. The second kappa shape index (κ2) is 5.46. The minimum absolute atomic E-state index is 0. The first kappa shape index (κ1) is 14.9. The predicted molar refractivity (Wildman–Crippen MR) is 83.6 cm³/mol. The molecule has 3 rings (SSSR count). The summed E-state index contributed by atoms with van der Waals surface area (Å²) in [4.78, 5) is 0. The van der Waals surface area contributed by atoms with Crippen molar-refractivity contribution in [3.63, 3.8) is 0 Å². The number of halogens is 1. The van der Waals surface area contributed by atoms with Crippen LogP contribution in [0, 0.1) is 16.7 Å². The Morgan fingerprint density at radius 1 is 1.11 bits per heavy atom. The highest BCUT2D eigenvalue weighted by Crippen LogP contribution is 2.65. The average molecular weight is 280 g/mol. The predicted octanol–water partition coefficient (Wildman–Crippen LogP) is 4.41. The van der Waals surface area contributed by atoms with Crippen molar-refractivity contribution < 1.29 is 0 Å². The number of fused-ring (bicyclic) bond motifs is 2. The van der Waals surface area contributed by atoms with E-state index in [0.29, 0.717) is 10.8 Å². The van der Waals surface area contributed by atoms with Gasteiger partial charge in [0.1, 0.15) is 0 Å². The van der Waals surface area contributed by atoms with E-state index in [4.69, 9.17) is 0 Å². The fourth-order valence-corrected chi connectivity index (χ4v) is 4.42. The molecule has 0 atom stereocenters. The monoisotopic (exact) mass is 279 g/mol. The molecule has 106 valence electrons. The minimum atomic E-state index is 0. The zero-order chi connectivity index (χ0) is 12.6. The van der Waals surface area contributed by atoms with Crippen LogP contribution in [0.5, 0.6) is 0 Å². The smallest absolute Gasteiger partial charge is 0.0205 e. The van der Waals surface area contributed by atoms with Gasteiger partial charge in [0, 0.05) is 13.1 Å². The number of hydrogen-bond acceptors (Lipinski definition) is 1. The highest BCUT2D eigenvalue weighted by atomic mass is 35.5. The van der Waals surface area contributed by atoms with Gasteiger partial charge in [-0.1, -0.05) is 44.2 Å². The van der Waals surface area contributed by atoms with Gasteiger partial charge in [-0.3, -0.25) is 0 Å². The van der Waals surface area contributed by atoms with Crippen LogP contribution in [0.25, 0.3) is 0 Å². The summed E-state index contributed by atoms with van der Waals surface area (Å²) in [7, 11) is 0. The van der Waals surface area contributed by atoms with E-state index in [1.165, 1.54) is 37.8 Å². The number of rotatable bonds is 4. The van der Waals surface area contributed by atoms with Gasteiger partial charge in [0.15, 0.2) is 0 Å². The highest BCUT2D eigenvalue weighted by molar-refractivity contribution is 5.85. The minimum Gasteiger partial charge on any atom is -0.312 e. The first-order valence-corrected chi connectivity index (χ1v) is 7.39. The van der Waals surface area contributed by atoms with Crippen molar-refractivity contribution in [3.05, 3.63) is 35.9 Å². The van der Waals surface area contributed by atoms with Gasteiger partial charge in [-0.15, -0.1) is 12.4 Å². The molecule has 0 amide bonds. The lowest BCUT2D eigenvalue weighted by molar-refractivity contribution is 0.125. The van der Waals surface area contributed by atoms with E-state index >= 15 is 0 Å². The zero-order valence-electron chi connectivity index (χ0n) is 12.1. The first-order chi connectivity index (χ1) is 8.64. The van der Waals surface area contributed by atoms with E-state index in [1.54, 1.807) is 0 Å². The molecule has 1 aromatic carbocycles. The Kier molecular flexibility index (Phi) is 4.27. The highest BCUT2D eigenvalue weighted by Gasteiger charge is 2.58. The van der Waals surface area contributed by atoms with E-state index in [-0.39, 0.29) is 12.4 Å². The lowest BCUT2D eigenvalue weighted by Crippen LogP contribution is -2.39. The normalized spacial score (nSPS) is 31.2. The van der Waals surface area contributed by atoms with E-state index in [2.05, 4.69) is 49.5 Å². The van der Waals surface area contributed by atoms with Crippen molar-refractivity contribution >= 4 is 12.4 Å². The van der Waals surface area contributed by atoms with Crippen LogP contribution in [0.4, 0.5) is 0 Å². The molecule has 0 saturated heterocycles. The molecule has 0 aromatic heterocycles. The van der Waals surface area contributed by atoms with Crippen LogP contribution in [0.15, 0.2) is 30.3 Å². The summed E-state index contributed by atoms with van der Waals surface area (Å²) in [5, 5.41) is 3.72. The molecule has 1 N–H and O–H groups in total. The van der Waals surface area contributed by atoms with Gasteiger partial charge < -0.3 is 5.32 Å². The zero-order valence-corrected chi connectivity index (χ0v) is 12.9. The van der Waals surface area contributed by atoms with Gasteiger partial charge in [0.05, 0.1) is 0 Å². The molecular formula is C17H26ClN. The molecule has 0 aliphatic heterocycles. The second-order valence-electron chi connectivity index (χ2n) is 6.87. The molecule has 2 bridgehead atoms. The maximum absolute atomic E-state index is 3.72. The Labute approximate surface area is 123 Å². The van der Waals surface area contributed by atoms with Crippen LogP contribution in [-0.2, 0) is 6.54 Å². The summed E-state index contributed by atoms with van der Waals surface area (Å²) in [6, 6.07) is 10.8. The van der Waals surface area contributed by atoms with Crippen molar-refractivity contribution in [1.29, 1.82) is 0 Å². The summed E-state index contributed by atoms with van der Waals surface area (Å²) >= 11 is 0. The Hall–Kier alpha value is -0.530. The number of hydrogen-bond donors (Lipinski definition) is 1. The van der Waals surface area contributed by atoms with E-state index in [9.17, 15) is 0 Å². The Balaban J connectivity index is 0.00000133. The standard InChI is InChI=1S/C17H25N.ClH/c1-16(2)15-8-10-17(16,11-9-15)13-18-12-14-6-4-3-5-7-14;/h3-7,15,18H,8-13H2,1-2H3;1H. The van der Waals surface area contributed by atoms with Crippen molar-refractivity contribution in [3.8, 4) is 0 Å². The van der Waals surface area contributed by atoms with Crippen LogP contribution < -0.4 is 5.32 Å². The molecule has 0 unspecified atom stereocenters. The van der Waals surface area contributed by atoms with Crippen LogP contribution >= 0.6 is 12.4 Å². The second-order valence-corrected chi connectivity index (χ2v) is 6.87. The molecule has 2 saturated carbocycles. The van der Waals surface area contributed by atoms with Crippen LogP contribution in [-0.4, -0.2) is 6.54 Å². The average Bonchev–Trinajstić information content (AvgIpc) is 2.77. The third-order valence-electron chi connectivity index (χ3n) is 5.97. The molecule has 2 heteroatoms. The third-order valence-corrected chi connectivity index (χ3v) is 5.97. The summed E-state index contributed by atoms with van der Waals surface area (Å²) in [5.74, 6) is 0.982. The lowest BCUT2D eigenvalue weighted by atomic mass is 9.69. The molecule has 0 heterocycles. The van der Waals surface area contributed by atoms with Gasteiger partial charge in [0.2, 0.25) is 0 Å². The molecule has 0 radical (unpaired) electrons. The SMILES string of the molecule is CC1(C)C2CCC1(CNCc1ccccc1)CC2.Cl. The largest absolute Gasteiger partial charge is 0.312 e. The lowest BCUT2D eigenvalue weighted by Gasteiger charge is -2.38. The molecule has 1 nitrogen and oxygen atoms in total. The topological polar surface area (TPSA) is 12.0 Å². The van der Waals surface area contributed by atoms with Crippen LogP contribution in [0.3, 0.4) is 0 Å². The summed E-state index contributed by atoms with van der Waals surface area (Å²) in [6.07, 6.45) is 5.79. The van der Waals surface area contributed by atoms with Gasteiger partial charge in [-0.2, -0.15) is 0 Å². The van der Waals surface area contributed by atoms with Crippen molar-refractivity contribution in [2.45, 2.75) is 46.1 Å². The van der Waals surface area contributed by atoms with E-state index in [1.807, 2.05) is 0 Å². The maximum Gasteiger partial charge on any atom is 0.0205 e.